The van der Waals surface area contributed by atoms with Crippen molar-refractivity contribution in [1.29, 1.82) is 0 Å². The van der Waals surface area contributed by atoms with Crippen LogP contribution in [0.3, 0.4) is 0 Å². The normalized spacial score (nSPS) is 23.6. The van der Waals surface area contributed by atoms with Gasteiger partial charge < -0.3 is 9.47 Å². The summed E-state index contributed by atoms with van der Waals surface area (Å²) in [7, 11) is 1.65. The smallest absolute Gasteiger partial charge is 0.163 e. The van der Waals surface area contributed by atoms with Gasteiger partial charge in [0.05, 0.1) is 25.3 Å². The zero-order chi connectivity index (χ0) is 15.5. The quantitative estimate of drug-likeness (QED) is 0.827. The first-order valence-electron chi connectivity index (χ1n) is 8.08. The molecule has 0 heterocycles. The molecule has 1 atom stereocenters. The van der Waals surface area contributed by atoms with Crippen molar-refractivity contribution in [3.05, 3.63) is 18.2 Å². The third-order valence-corrected chi connectivity index (χ3v) is 4.73. The summed E-state index contributed by atoms with van der Waals surface area (Å²) in [4.78, 5) is 16.3. The van der Waals surface area contributed by atoms with Crippen LogP contribution in [0.15, 0.2) is 23.2 Å². The van der Waals surface area contributed by atoms with Gasteiger partial charge in [-0.1, -0.05) is 13.3 Å². The zero-order valence-electron chi connectivity index (χ0n) is 13.3. The number of Topliss-reactive ketones (excluding diaryl/α,β-unsaturated/α-hetero) is 1. The van der Waals surface area contributed by atoms with Crippen LogP contribution in [0.25, 0.3) is 0 Å². The van der Waals surface area contributed by atoms with E-state index < -0.39 is 0 Å². The maximum absolute atomic E-state index is 11.6. The molecule has 2 fully saturated rings. The molecule has 0 spiro atoms. The molecule has 0 N–H and O–H groups in total. The Balaban J connectivity index is 1.77. The lowest BCUT2D eigenvalue weighted by Crippen LogP contribution is -2.19. The predicted molar refractivity (Wildman–Crippen MR) is 86.3 cm³/mol. The molecule has 0 aliphatic heterocycles. The summed E-state index contributed by atoms with van der Waals surface area (Å²) in [6.45, 7) is 2.68. The Morgan fingerprint density at radius 2 is 2.05 bits per heavy atom. The van der Waals surface area contributed by atoms with Crippen LogP contribution in [0.5, 0.6) is 11.5 Å². The number of ketones is 1. The summed E-state index contributed by atoms with van der Waals surface area (Å²) in [5.74, 6) is 2.38. The van der Waals surface area contributed by atoms with Crippen LogP contribution in [-0.4, -0.2) is 25.2 Å². The lowest BCUT2D eigenvalue weighted by molar-refractivity contribution is -0.119. The zero-order valence-corrected chi connectivity index (χ0v) is 13.3. The van der Waals surface area contributed by atoms with Crippen molar-refractivity contribution in [2.24, 2.45) is 16.8 Å². The first-order chi connectivity index (χ1) is 10.7. The van der Waals surface area contributed by atoms with Crippen molar-refractivity contribution < 1.29 is 14.3 Å². The highest BCUT2D eigenvalue weighted by Gasteiger charge is 2.26. The van der Waals surface area contributed by atoms with Crippen LogP contribution in [-0.2, 0) is 4.79 Å². The number of ether oxygens (including phenoxy) is 2. The van der Waals surface area contributed by atoms with Crippen LogP contribution in [0.2, 0.25) is 0 Å². The molecule has 4 heteroatoms. The highest BCUT2D eigenvalue weighted by Crippen LogP contribution is 2.34. The van der Waals surface area contributed by atoms with E-state index in [0.29, 0.717) is 12.3 Å². The molecule has 3 rings (SSSR count). The minimum atomic E-state index is -0.0542. The Morgan fingerprint density at radius 1 is 1.23 bits per heavy atom. The Hall–Kier alpha value is -1.84. The first-order valence-corrected chi connectivity index (χ1v) is 8.08. The van der Waals surface area contributed by atoms with E-state index >= 15 is 0 Å². The number of aliphatic imine (C=N–C) groups is 1. The fourth-order valence-electron chi connectivity index (χ4n) is 2.90. The van der Waals surface area contributed by atoms with Crippen molar-refractivity contribution in [2.75, 3.05) is 13.7 Å². The van der Waals surface area contributed by atoms with Crippen molar-refractivity contribution in [1.82, 2.24) is 0 Å². The van der Waals surface area contributed by atoms with Crippen LogP contribution in [0, 0.1) is 11.8 Å². The predicted octanol–water partition coefficient (Wildman–Crippen LogP) is 3.95. The molecule has 118 valence electrons. The second-order valence-corrected chi connectivity index (χ2v) is 6.23. The number of methoxy groups -OCH3 is 1. The van der Waals surface area contributed by atoms with Crippen molar-refractivity contribution in [2.45, 2.75) is 39.0 Å². The molecule has 0 amide bonds. The number of carbonyl (C=O) groups is 1. The topological polar surface area (TPSA) is 47.9 Å². The SMILES string of the molecule is COc1ccc(N=C2CCC(=O)C2C)cc1OCC1CCC1. The molecule has 2 aliphatic carbocycles. The van der Waals surface area contributed by atoms with Gasteiger partial charge in [-0.05, 0) is 37.3 Å². The summed E-state index contributed by atoms with van der Waals surface area (Å²) in [5, 5.41) is 0. The van der Waals surface area contributed by atoms with Gasteiger partial charge in [0, 0.05) is 18.2 Å². The lowest BCUT2D eigenvalue weighted by atomic mass is 9.86. The van der Waals surface area contributed by atoms with Crippen molar-refractivity contribution >= 4 is 17.2 Å². The third-order valence-electron chi connectivity index (χ3n) is 4.73. The maximum Gasteiger partial charge on any atom is 0.163 e. The van der Waals surface area contributed by atoms with Crippen molar-refractivity contribution in [3.63, 3.8) is 0 Å². The van der Waals surface area contributed by atoms with Crippen molar-refractivity contribution in [3.8, 4) is 11.5 Å². The molecule has 0 aromatic heterocycles. The highest BCUT2D eigenvalue weighted by molar-refractivity contribution is 6.11. The van der Waals surface area contributed by atoms with Gasteiger partial charge in [0.25, 0.3) is 0 Å². The van der Waals surface area contributed by atoms with Crippen LogP contribution in [0.1, 0.15) is 39.0 Å². The van der Waals surface area contributed by atoms with E-state index in [9.17, 15) is 4.79 Å². The monoisotopic (exact) mass is 301 g/mol. The van der Waals surface area contributed by atoms with Gasteiger partial charge in [-0.25, -0.2) is 0 Å². The Morgan fingerprint density at radius 3 is 2.64 bits per heavy atom. The fraction of sp³-hybridized carbons (Fsp3) is 0.556. The average Bonchev–Trinajstić information content (AvgIpc) is 2.78. The largest absolute Gasteiger partial charge is 0.493 e. The van der Waals surface area contributed by atoms with Gasteiger partial charge in [0.1, 0.15) is 5.78 Å². The summed E-state index contributed by atoms with van der Waals surface area (Å²) in [6, 6.07) is 5.72. The Labute approximate surface area is 131 Å². The van der Waals surface area contributed by atoms with Gasteiger partial charge in [0.2, 0.25) is 0 Å². The lowest BCUT2D eigenvalue weighted by Gasteiger charge is -2.25. The van der Waals surface area contributed by atoms with Gasteiger partial charge in [0.15, 0.2) is 11.5 Å². The van der Waals surface area contributed by atoms with Crippen LogP contribution < -0.4 is 9.47 Å². The standard InChI is InChI=1S/C18H23NO3/c1-12-15(7-8-16(12)20)19-14-6-9-17(21-2)18(10-14)22-11-13-4-3-5-13/h6,9-10,12-13H,3-5,7-8,11H2,1-2H3. The summed E-state index contributed by atoms with van der Waals surface area (Å²) in [5.41, 5.74) is 1.81. The van der Waals surface area contributed by atoms with Gasteiger partial charge >= 0.3 is 0 Å². The maximum atomic E-state index is 11.6. The molecule has 2 saturated carbocycles. The Bertz CT molecular complexity index is 590. The molecule has 0 saturated heterocycles. The highest BCUT2D eigenvalue weighted by atomic mass is 16.5. The van der Waals surface area contributed by atoms with E-state index in [0.717, 1.165) is 35.9 Å². The van der Waals surface area contributed by atoms with E-state index in [2.05, 4.69) is 4.99 Å². The van der Waals surface area contributed by atoms with Crippen LogP contribution in [0.4, 0.5) is 5.69 Å². The van der Waals surface area contributed by atoms with Gasteiger partial charge in [-0.15, -0.1) is 0 Å². The van der Waals surface area contributed by atoms with E-state index in [1.165, 1.54) is 19.3 Å². The summed E-state index contributed by atoms with van der Waals surface area (Å²) < 4.78 is 11.3. The summed E-state index contributed by atoms with van der Waals surface area (Å²) in [6.07, 6.45) is 5.20. The second kappa shape index (κ2) is 6.51. The number of rotatable bonds is 5. The number of benzene rings is 1. The molecule has 1 aromatic rings. The number of carbonyl (C=O) groups excluding carboxylic acids is 1. The first kappa shape index (κ1) is 15.1. The number of hydrogen-bond donors (Lipinski definition) is 0. The molecule has 4 nitrogen and oxygen atoms in total. The summed E-state index contributed by atoms with van der Waals surface area (Å²) >= 11 is 0. The minimum absolute atomic E-state index is 0.0542. The molecular formula is C18H23NO3. The van der Waals surface area contributed by atoms with Gasteiger partial charge in [-0.3, -0.25) is 9.79 Å². The van der Waals surface area contributed by atoms with E-state index in [1.807, 2.05) is 25.1 Å². The van der Waals surface area contributed by atoms with E-state index in [4.69, 9.17) is 9.47 Å². The van der Waals surface area contributed by atoms with Gasteiger partial charge in [-0.2, -0.15) is 0 Å². The average molecular weight is 301 g/mol. The van der Waals surface area contributed by atoms with E-state index in [1.54, 1.807) is 7.11 Å². The molecule has 0 bridgehead atoms. The van der Waals surface area contributed by atoms with E-state index in [-0.39, 0.29) is 11.7 Å². The number of hydrogen-bond acceptors (Lipinski definition) is 4. The second-order valence-electron chi connectivity index (χ2n) is 6.23. The van der Waals surface area contributed by atoms with Crippen LogP contribution >= 0.6 is 0 Å². The number of nitrogens with zero attached hydrogens (tertiary/aromatic N) is 1. The molecule has 2 aliphatic rings. The minimum Gasteiger partial charge on any atom is -0.493 e. The third kappa shape index (κ3) is 3.16. The molecule has 1 unspecified atom stereocenters. The molecular weight excluding hydrogens is 278 g/mol. The fourth-order valence-corrected chi connectivity index (χ4v) is 2.90. The molecule has 1 aromatic carbocycles. The molecule has 0 radical (unpaired) electrons. The Kier molecular flexibility index (Phi) is 4.46. The molecule has 22 heavy (non-hydrogen) atoms.